The van der Waals surface area contributed by atoms with Crippen molar-refractivity contribution >= 4 is 23.3 Å². The van der Waals surface area contributed by atoms with Gasteiger partial charge in [-0.25, -0.2) is 4.98 Å². The van der Waals surface area contributed by atoms with Crippen LogP contribution in [0.2, 0.25) is 0 Å². The number of carbonyl (C=O) groups excluding carboxylic acids is 1. The van der Waals surface area contributed by atoms with Crippen LogP contribution in [0, 0.1) is 6.92 Å². The van der Waals surface area contributed by atoms with Gasteiger partial charge in [0.25, 0.3) is 5.91 Å². The molecule has 0 aliphatic heterocycles. The molecule has 0 radical (unpaired) electrons. The summed E-state index contributed by atoms with van der Waals surface area (Å²) in [5.41, 5.74) is 3.38. The van der Waals surface area contributed by atoms with E-state index in [9.17, 15) is 4.79 Å². The summed E-state index contributed by atoms with van der Waals surface area (Å²) in [5.74, 6) is 1.34. The van der Waals surface area contributed by atoms with Crippen LogP contribution in [-0.2, 0) is 12.2 Å². The summed E-state index contributed by atoms with van der Waals surface area (Å²) in [6, 6.07) is 15.4. The van der Waals surface area contributed by atoms with Gasteiger partial charge in [-0.15, -0.1) is 11.8 Å². The molecule has 3 heterocycles. The van der Waals surface area contributed by atoms with Crippen molar-refractivity contribution in [2.45, 2.75) is 24.0 Å². The van der Waals surface area contributed by atoms with Gasteiger partial charge in [-0.05, 0) is 31.2 Å². The Labute approximate surface area is 167 Å². The molecule has 28 heavy (non-hydrogen) atoms. The third kappa shape index (κ3) is 4.26. The number of pyridine rings is 1. The second kappa shape index (κ2) is 8.31. The Morgan fingerprint density at radius 1 is 1.21 bits per heavy atom. The van der Waals surface area contributed by atoms with E-state index in [1.807, 2.05) is 72.2 Å². The highest BCUT2D eigenvalue weighted by molar-refractivity contribution is 7.98. The number of aryl methyl sites for hydroxylation is 1. The Morgan fingerprint density at radius 2 is 2.07 bits per heavy atom. The predicted octanol–water partition coefficient (Wildman–Crippen LogP) is 3.90. The van der Waals surface area contributed by atoms with Crippen molar-refractivity contribution in [1.29, 1.82) is 0 Å². The Hall–Kier alpha value is -3.06. The highest BCUT2D eigenvalue weighted by atomic mass is 32.2. The normalized spacial score (nSPS) is 11.0. The number of amides is 1. The van der Waals surface area contributed by atoms with E-state index < -0.39 is 0 Å². The van der Waals surface area contributed by atoms with E-state index in [1.165, 1.54) is 0 Å². The summed E-state index contributed by atoms with van der Waals surface area (Å²) in [4.78, 5) is 18.1. The number of aromatic nitrogens is 3. The lowest BCUT2D eigenvalue weighted by Gasteiger charge is -2.09. The van der Waals surface area contributed by atoms with Crippen molar-refractivity contribution < 1.29 is 9.32 Å². The molecule has 0 spiro atoms. The summed E-state index contributed by atoms with van der Waals surface area (Å²) in [7, 11) is 0. The fourth-order valence-electron chi connectivity index (χ4n) is 2.92. The van der Waals surface area contributed by atoms with Crippen molar-refractivity contribution in [3.63, 3.8) is 0 Å². The molecule has 6 nitrogen and oxygen atoms in total. The molecule has 7 heteroatoms. The molecule has 0 bridgehead atoms. The lowest BCUT2D eigenvalue weighted by atomic mass is 10.2. The first-order chi connectivity index (χ1) is 13.7. The maximum Gasteiger partial charge on any atom is 0.252 e. The largest absolute Gasteiger partial charge is 0.360 e. The monoisotopic (exact) mass is 392 g/mol. The molecule has 142 valence electrons. The molecule has 0 aliphatic rings. The lowest BCUT2D eigenvalue weighted by Crippen LogP contribution is -2.26. The SMILES string of the molecule is Cc1cc(CSc2ccccc2C(=O)NCCc2cn3ccccc3n2)on1. The maximum absolute atomic E-state index is 12.7. The van der Waals surface area contributed by atoms with Crippen LogP contribution in [0.1, 0.15) is 27.5 Å². The van der Waals surface area contributed by atoms with Gasteiger partial charge in [-0.3, -0.25) is 4.79 Å². The molecule has 4 rings (SSSR count). The predicted molar refractivity (Wildman–Crippen MR) is 108 cm³/mol. The molecule has 0 fully saturated rings. The lowest BCUT2D eigenvalue weighted by molar-refractivity contribution is 0.0951. The number of benzene rings is 1. The number of thioether (sulfide) groups is 1. The Kier molecular flexibility index (Phi) is 5.43. The van der Waals surface area contributed by atoms with Gasteiger partial charge in [0.05, 0.1) is 22.7 Å². The smallest absolute Gasteiger partial charge is 0.252 e. The number of carbonyl (C=O) groups is 1. The first-order valence-corrected chi connectivity index (χ1v) is 10.0. The van der Waals surface area contributed by atoms with Gasteiger partial charge in [-0.2, -0.15) is 0 Å². The van der Waals surface area contributed by atoms with Crippen LogP contribution in [0.25, 0.3) is 5.65 Å². The van der Waals surface area contributed by atoms with Crippen LogP contribution in [-0.4, -0.2) is 27.0 Å². The second-order valence-corrected chi connectivity index (χ2v) is 7.44. The van der Waals surface area contributed by atoms with E-state index in [0.717, 1.165) is 27.7 Å². The van der Waals surface area contributed by atoms with Crippen LogP contribution in [0.15, 0.2) is 70.3 Å². The van der Waals surface area contributed by atoms with Crippen molar-refractivity contribution in [2.75, 3.05) is 6.54 Å². The number of fused-ring (bicyclic) bond motifs is 1. The minimum absolute atomic E-state index is 0.0828. The zero-order chi connectivity index (χ0) is 19.3. The third-order valence-corrected chi connectivity index (χ3v) is 5.35. The first kappa shape index (κ1) is 18.3. The Bertz CT molecular complexity index is 1070. The summed E-state index contributed by atoms with van der Waals surface area (Å²) in [5, 5.41) is 6.89. The van der Waals surface area contributed by atoms with Crippen molar-refractivity contribution in [3.8, 4) is 0 Å². The van der Waals surface area contributed by atoms with E-state index >= 15 is 0 Å². The molecule has 1 aromatic carbocycles. The quantitative estimate of drug-likeness (QED) is 0.483. The van der Waals surface area contributed by atoms with Gasteiger partial charge in [-0.1, -0.05) is 23.4 Å². The van der Waals surface area contributed by atoms with Gasteiger partial charge in [0.1, 0.15) is 11.4 Å². The van der Waals surface area contributed by atoms with Crippen LogP contribution in [0.5, 0.6) is 0 Å². The maximum atomic E-state index is 12.7. The Morgan fingerprint density at radius 3 is 2.89 bits per heavy atom. The summed E-state index contributed by atoms with van der Waals surface area (Å²) in [6.07, 6.45) is 4.64. The number of hydrogen-bond donors (Lipinski definition) is 1. The summed E-state index contributed by atoms with van der Waals surface area (Å²) >= 11 is 1.56. The van der Waals surface area contributed by atoms with Gasteiger partial charge in [0, 0.05) is 36.3 Å². The number of nitrogens with one attached hydrogen (secondary N) is 1. The molecule has 0 unspecified atom stereocenters. The molecular formula is C21H20N4O2S. The Balaban J connectivity index is 1.36. The zero-order valence-electron chi connectivity index (χ0n) is 15.5. The average Bonchev–Trinajstić information content (AvgIpc) is 3.32. The van der Waals surface area contributed by atoms with Crippen LogP contribution >= 0.6 is 11.8 Å². The van der Waals surface area contributed by atoms with Gasteiger partial charge in [0.15, 0.2) is 0 Å². The molecule has 3 aromatic heterocycles. The van der Waals surface area contributed by atoms with E-state index in [1.54, 1.807) is 11.8 Å². The molecule has 1 N–H and O–H groups in total. The van der Waals surface area contributed by atoms with Gasteiger partial charge < -0.3 is 14.2 Å². The molecule has 0 aliphatic carbocycles. The summed E-state index contributed by atoms with van der Waals surface area (Å²) < 4.78 is 7.23. The standard InChI is InChI=1S/C21H20N4O2S/c1-15-12-17(27-24-15)14-28-19-7-3-2-6-18(19)21(26)22-10-9-16-13-25-11-5-4-8-20(25)23-16/h2-8,11-13H,9-10,14H2,1H3,(H,22,26). The fraction of sp³-hybridized carbons (Fsp3) is 0.190. The van der Waals surface area contributed by atoms with Crippen LogP contribution in [0.3, 0.4) is 0 Å². The fourth-order valence-corrected chi connectivity index (χ4v) is 3.85. The number of rotatable bonds is 7. The minimum atomic E-state index is -0.0828. The molecular weight excluding hydrogens is 372 g/mol. The number of nitrogens with zero attached hydrogens (tertiary/aromatic N) is 3. The number of hydrogen-bond acceptors (Lipinski definition) is 5. The van der Waals surface area contributed by atoms with E-state index in [-0.39, 0.29) is 5.91 Å². The van der Waals surface area contributed by atoms with E-state index in [2.05, 4.69) is 15.5 Å². The molecule has 0 saturated carbocycles. The highest BCUT2D eigenvalue weighted by Crippen LogP contribution is 2.26. The highest BCUT2D eigenvalue weighted by Gasteiger charge is 2.12. The first-order valence-electron chi connectivity index (χ1n) is 9.04. The van der Waals surface area contributed by atoms with Crippen LogP contribution in [0.4, 0.5) is 0 Å². The topological polar surface area (TPSA) is 72.4 Å². The van der Waals surface area contributed by atoms with Crippen LogP contribution < -0.4 is 5.32 Å². The summed E-state index contributed by atoms with van der Waals surface area (Å²) in [6.45, 7) is 2.42. The minimum Gasteiger partial charge on any atom is -0.360 e. The second-order valence-electron chi connectivity index (χ2n) is 6.42. The average molecular weight is 392 g/mol. The van der Waals surface area contributed by atoms with Gasteiger partial charge >= 0.3 is 0 Å². The zero-order valence-corrected chi connectivity index (χ0v) is 16.3. The molecule has 4 aromatic rings. The number of imidazole rings is 1. The molecule has 0 atom stereocenters. The van der Waals surface area contributed by atoms with Crippen molar-refractivity contribution in [1.82, 2.24) is 19.9 Å². The van der Waals surface area contributed by atoms with E-state index in [0.29, 0.717) is 24.3 Å². The van der Waals surface area contributed by atoms with Crippen molar-refractivity contribution in [3.05, 3.63) is 83.6 Å². The molecule has 1 amide bonds. The van der Waals surface area contributed by atoms with Gasteiger partial charge in [0.2, 0.25) is 0 Å². The van der Waals surface area contributed by atoms with E-state index in [4.69, 9.17) is 4.52 Å². The third-order valence-electron chi connectivity index (χ3n) is 4.26. The van der Waals surface area contributed by atoms with Crippen molar-refractivity contribution in [2.24, 2.45) is 0 Å². The molecule has 0 saturated heterocycles.